The van der Waals surface area contributed by atoms with E-state index >= 15 is 0 Å². The zero-order valence-electron chi connectivity index (χ0n) is 9.67. The van der Waals surface area contributed by atoms with E-state index in [9.17, 15) is 0 Å². The molecule has 0 fully saturated rings. The zero-order valence-corrected chi connectivity index (χ0v) is 9.67. The largest absolute Gasteiger partial charge is 0.493 e. The second kappa shape index (κ2) is 5.75. The lowest BCUT2D eigenvalue weighted by atomic mass is 10.1. The van der Waals surface area contributed by atoms with Gasteiger partial charge in [-0.15, -0.1) is 0 Å². The van der Waals surface area contributed by atoms with Crippen LogP contribution in [-0.4, -0.2) is 19.7 Å². The molecular formula is C13H20N2O. The molecule has 1 aromatic rings. The van der Waals surface area contributed by atoms with E-state index in [1.807, 2.05) is 0 Å². The highest BCUT2D eigenvalue weighted by atomic mass is 16.5. The van der Waals surface area contributed by atoms with E-state index in [0.717, 1.165) is 51.1 Å². The second-order valence-corrected chi connectivity index (χ2v) is 4.20. The van der Waals surface area contributed by atoms with Crippen LogP contribution in [0.3, 0.4) is 0 Å². The minimum absolute atomic E-state index is 0.777. The summed E-state index contributed by atoms with van der Waals surface area (Å²) in [5, 5.41) is 3.42. The Morgan fingerprint density at radius 3 is 3.12 bits per heavy atom. The Balaban J connectivity index is 1.90. The normalized spacial score (nSPS) is 14.1. The number of hydrogen-bond acceptors (Lipinski definition) is 3. The average Bonchev–Trinajstić information content (AvgIpc) is 2.34. The highest BCUT2D eigenvalue weighted by Gasteiger charge is 2.09. The first kappa shape index (κ1) is 11.3. The van der Waals surface area contributed by atoms with Crippen LogP contribution in [0.4, 0.5) is 5.69 Å². The van der Waals surface area contributed by atoms with Gasteiger partial charge in [0.15, 0.2) is 0 Å². The minimum Gasteiger partial charge on any atom is -0.493 e. The monoisotopic (exact) mass is 220 g/mol. The van der Waals surface area contributed by atoms with Gasteiger partial charge in [0, 0.05) is 12.2 Å². The molecule has 2 rings (SSSR count). The number of nitrogens with two attached hydrogens (primary N) is 1. The summed E-state index contributed by atoms with van der Waals surface area (Å²) in [5.41, 5.74) is 7.98. The Morgan fingerprint density at radius 1 is 1.31 bits per heavy atom. The fourth-order valence-electron chi connectivity index (χ4n) is 1.97. The van der Waals surface area contributed by atoms with E-state index in [4.69, 9.17) is 10.5 Å². The first-order chi connectivity index (χ1) is 7.90. The quantitative estimate of drug-likeness (QED) is 0.748. The molecule has 1 aliphatic heterocycles. The Morgan fingerprint density at radius 2 is 2.25 bits per heavy atom. The van der Waals surface area contributed by atoms with Crippen molar-refractivity contribution in [2.45, 2.75) is 25.7 Å². The van der Waals surface area contributed by atoms with Gasteiger partial charge in [0.25, 0.3) is 0 Å². The zero-order chi connectivity index (χ0) is 11.2. The van der Waals surface area contributed by atoms with Crippen molar-refractivity contribution in [1.29, 1.82) is 0 Å². The topological polar surface area (TPSA) is 47.3 Å². The molecule has 0 radical (unpaired) electrons. The third-order valence-electron chi connectivity index (χ3n) is 2.87. The number of rotatable bonds is 5. The highest BCUT2D eigenvalue weighted by Crippen LogP contribution is 2.27. The first-order valence-electron chi connectivity index (χ1n) is 6.10. The third-order valence-corrected chi connectivity index (χ3v) is 2.87. The highest BCUT2D eigenvalue weighted by molar-refractivity contribution is 5.51. The molecule has 0 saturated heterocycles. The molecule has 3 nitrogen and oxygen atoms in total. The summed E-state index contributed by atoms with van der Waals surface area (Å²) in [7, 11) is 0. The van der Waals surface area contributed by atoms with Gasteiger partial charge in [0.1, 0.15) is 5.75 Å². The smallest absolute Gasteiger partial charge is 0.122 e. The number of unbranched alkanes of at least 4 members (excludes halogenated alkanes) is 1. The lowest BCUT2D eigenvalue weighted by molar-refractivity contribution is 0.288. The molecule has 0 aliphatic carbocycles. The van der Waals surface area contributed by atoms with Crippen LogP contribution in [0.15, 0.2) is 18.2 Å². The predicted octanol–water partition coefficient (Wildman–Crippen LogP) is 2.16. The fraction of sp³-hybridized carbons (Fsp3) is 0.538. The summed E-state index contributed by atoms with van der Waals surface area (Å²) in [6.45, 7) is 2.63. The number of anilines is 1. The van der Waals surface area contributed by atoms with E-state index in [-0.39, 0.29) is 0 Å². The van der Waals surface area contributed by atoms with Crippen molar-refractivity contribution in [3.63, 3.8) is 0 Å². The number of fused-ring (bicyclic) bond motifs is 1. The van der Waals surface area contributed by atoms with Crippen LogP contribution >= 0.6 is 0 Å². The van der Waals surface area contributed by atoms with Crippen molar-refractivity contribution in [2.75, 3.05) is 25.0 Å². The number of nitrogens with one attached hydrogen (secondary N) is 1. The van der Waals surface area contributed by atoms with Gasteiger partial charge >= 0.3 is 0 Å². The van der Waals surface area contributed by atoms with Gasteiger partial charge in [0.2, 0.25) is 0 Å². The standard InChI is InChI=1S/C13H20N2O/c14-7-1-2-8-15-12-5-6-13-11(10-12)4-3-9-16-13/h5-6,10,15H,1-4,7-9,14H2. The number of benzene rings is 1. The average molecular weight is 220 g/mol. The summed E-state index contributed by atoms with van der Waals surface area (Å²) in [5.74, 6) is 1.05. The maximum atomic E-state index is 5.58. The number of hydrogen-bond donors (Lipinski definition) is 2. The molecule has 0 aromatic heterocycles. The van der Waals surface area contributed by atoms with E-state index < -0.39 is 0 Å². The van der Waals surface area contributed by atoms with E-state index in [2.05, 4.69) is 23.5 Å². The molecule has 0 atom stereocenters. The molecule has 3 heteroatoms. The van der Waals surface area contributed by atoms with E-state index in [1.54, 1.807) is 0 Å². The molecule has 0 unspecified atom stereocenters. The molecule has 0 spiro atoms. The first-order valence-corrected chi connectivity index (χ1v) is 6.10. The van der Waals surface area contributed by atoms with Crippen molar-refractivity contribution in [3.05, 3.63) is 23.8 Å². The molecular weight excluding hydrogens is 200 g/mol. The lowest BCUT2D eigenvalue weighted by Gasteiger charge is -2.18. The van der Waals surface area contributed by atoms with Crippen LogP contribution < -0.4 is 15.8 Å². The van der Waals surface area contributed by atoms with E-state index in [1.165, 1.54) is 11.3 Å². The summed E-state index contributed by atoms with van der Waals surface area (Å²) in [4.78, 5) is 0. The van der Waals surface area contributed by atoms with Crippen LogP contribution in [0.2, 0.25) is 0 Å². The Labute approximate surface area is 97.0 Å². The van der Waals surface area contributed by atoms with Gasteiger partial charge in [-0.3, -0.25) is 0 Å². The van der Waals surface area contributed by atoms with Crippen LogP contribution in [0.1, 0.15) is 24.8 Å². The molecule has 0 amide bonds. The van der Waals surface area contributed by atoms with Gasteiger partial charge in [-0.25, -0.2) is 0 Å². The van der Waals surface area contributed by atoms with Crippen LogP contribution in [-0.2, 0) is 6.42 Å². The van der Waals surface area contributed by atoms with Gasteiger partial charge in [-0.2, -0.15) is 0 Å². The Hall–Kier alpha value is -1.22. The second-order valence-electron chi connectivity index (χ2n) is 4.20. The summed E-state index contributed by atoms with van der Waals surface area (Å²) >= 11 is 0. The molecule has 16 heavy (non-hydrogen) atoms. The van der Waals surface area contributed by atoms with Crippen molar-refractivity contribution >= 4 is 5.69 Å². The molecule has 1 aromatic carbocycles. The fourth-order valence-corrected chi connectivity index (χ4v) is 1.97. The van der Waals surface area contributed by atoms with Gasteiger partial charge in [-0.05, 0) is 56.0 Å². The van der Waals surface area contributed by atoms with Gasteiger partial charge < -0.3 is 15.8 Å². The Bertz CT molecular complexity index is 339. The minimum atomic E-state index is 0.777. The molecule has 88 valence electrons. The predicted molar refractivity (Wildman–Crippen MR) is 67.0 cm³/mol. The van der Waals surface area contributed by atoms with Gasteiger partial charge in [-0.1, -0.05) is 0 Å². The molecule has 1 aliphatic rings. The molecule has 0 bridgehead atoms. The molecule has 1 heterocycles. The Kier molecular flexibility index (Phi) is 4.05. The van der Waals surface area contributed by atoms with E-state index in [0.29, 0.717) is 0 Å². The SMILES string of the molecule is NCCCCNc1ccc2c(c1)CCCO2. The van der Waals surface area contributed by atoms with Crippen LogP contribution in [0.5, 0.6) is 5.75 Å². The van der Waals surface area contributed by atoms with Crippen molar-refractivity contribution in [1.82, 2.24) is 0 Å². The maximum absolute atomic E-state index is 5.58. The third kappa shape index (κ3) is 2.89. The molecule has 3 N–H and O–H groups in total. The summed E-state index contributed by atoms with van der Waals surface area (Å²) < 4.78 is 5.58. The van der Waals surface area contributed by atoms with Crippen LogP contribution in [0.25, 0.3) is 0 Å². The van der Waals surface area contributed by atoms with Crippen LogP contribution in [0, 0.1) is 0 Å². The lowest BCUT2D eigenvalue weighted by Crippen LogP contribution is -2.09. The maximum Gasteiger partial charge on any atom is 0.122 e. The summed E-state index contributed by atoms with van der Waals surface area (Å²) in [6, 6.07) is 6.36. The van der Waals surface area contributed by atoms with Crippen molar-refractivity contribution < 1.29 is 4.74 Å². The summed E-state index contributed by atoms with van der Waals surface area (Å²) in [6.07, 6.45) is 4.47. The van der Waals surface area contributed by atoms with Gasteiger partial charge in [0.05, 0.1) is 6.61 Å². The van der Waals surface area contributed by atoms with Crippen molar-refractivity contribution in [2.24, 2.45) is 5.73 Å². The van der Waals surface area contributed by atoms with Crippen molar-refractivity contribution in [3.8, 4) is 5.75 Å². The number of aryl methyl sites for hydroxylation is 1. The number of ether oxygens (including phenoxy) is 1. The molecule has 0 saturated carbocycles.